The molecule has 4 rings (SSSR count). The fourth-order valence-electron chi connectivity index (χ4n) is 6.29. The standard InChI is InChI=1S/C34H35Cl2F2N3O3/c1-32(2,3)17-26-34(18-39,23-15-12-20(35)16-25(23)37)27(22-8-7-9-24(36)28(22)38)29(41(26)6)30(42)40-21-13-10-19(11-14-21)33(4,5)31(43)44/h7-16,26-27,29H,17H2,1-6H3,(H,40,42)(H,43,44). The van der Waals surface area contributed by atoms with Gasteiger partial charge in [-0.1, -0.05) is 74.3 Å². The molecule has 1 amide bonds. The van der Waals surface area contributed by atoms with Gasteiger partial charge in [-0.15, -0.1) is 0 Å². The maximum Gasteiger partial charge on any atom is 0.313 e. The highest BCUT2D eigenvalue weighted by molar-refractivity contribution is 6.31. The molecular weight excluding hydrogens is 607 g/mol. The Bertz CT molecular complexity index is 1630. The predicted molar refractivity (Wildman–Crippen MR) is 168 cm³/mol. The van der Waals surface area contributed by atoms with Gasteiger partial charge >= 0.3 is 5.97 Å². The fraction of sp³-hybridized carbons (Fsp3) is 0.382. The number of nitrogens with zero attached hydrogens (tertiary/aromatic N) is 2. The summed E-state index contributed by atoms with van der Waals surface area (Å²) in [7, 11) is 1.68. The molecule has 0 spiro atoms. The van der Waals surface area contributed by atoms with Crippen molar-refractivity contribution in [2.75, 3.05) is 12.4 Å². The first-order valence-corrected chi connectivity index (χ1v) is 14.9. The molecule has 0 saturated carbocycles. The van der Waals surface area contributed by atoms with Crippen LogP contribution in [0, 0.1) is 28.4 Å². The number of likely N-dealkylation sites (N-methyl/N-ethyl adjacent to an activating group) is 1. The molecule has 1 saturated heterocycles. The number of halogens is 4. The Balaban J connectivity index is 1.93. The van der Waals surface area contributed by atoms with E-state index in [1.807, 2.05) is 20.8 Å². The number of nitrogens with one attached hydrogen (secondary N) is 1. The summed E-state index contributed by atoms with van der Waals surface area (Å²) in [6.07, 6.45) is 0.362. The van der Waals surface area contributed by atoms with E-state index in [2.05, 4.69) is 11.4 Å². The molecule has 0 bridgehead atoms. The third-order valence-corrected chi connectivity index (χ3v) is 9.15. The van der Waals surface area contributed by atoms with Crippen molar-refractivity contribution in [3.8, 4) is 6.07 Å². The molecule has 0 aromatic heterocycles. The Kier molecular flexibility index (Phi) is 9.19. The number of hydrogen-bond acceptors (Lipinski definition) is 4. The van der Waals surface area contributed by atoms with Crippen molar-refractivity contribution in [2.24, 2.45) is 5.41 Å². The number of likely N-dealkylation sites (tertiary alicyclic amines) is 1. The van der Waals surface area contributed by atoms with Gasteiger partial charge in [0.2, 0.25) is 5.91 Å². The monoisotopic (exact) mass is 641 g/mol. The molecule has 0 aliphatic carbocycles. The van der Waals surface area contributed by atoms with Crippen LogP contribution in [0.4, 0.5) is 14.5 Å². The van der Waals surface area contributed by atoms with Gasteiger partial charge in [-0.3, -0.25) is 14.5 Å². The molecule has 1 fully saturated rings. The van der Waals surface area contributed by atoms with E-state index in [0.717, 1.165) is 6.07 Å². The SMILES string of the molecule is CN1C(C(=O)Nc2ccc(C(C)(C)C(=O)O)cc2)C(c2cccc(Cl)c2F)C(C#N)(c2ccc(Cl)cc2F)C1CC(C)(C)C. The molecule has 232 valence electrons. The molecule has 4 unspecified atom stereocenters. The lowest BCUT2D eigenvalue weighted by molar-refractivity contribution is -0.142. The summed E-state index contributed by atoms with van der Waals surface area (Å²) < 4.78 is 31.8. The van der Waals surface area contributed by atoms with E-state index in [-0.39, 0.29) is 26.6 Å². The average molecular weight is 643 g/mol. The minimum atomic E-state index is -1.74. The summed E-state index contributed by atoms with van der Waals surface area (Å²) in [5.41, 5.74) is -2.34. The number of aliphatic carboxylic acids is 1. The first kappa shape index (κ1) is 33.4. The lowest BCUT2D eigenvalue weighted by atomic mass is 9.62. The summed E-state index contributed by atoms with van der Waals surface area (Å²) in [4.78, 5) is 27.7. The van der Waals surface area contributed by atoms with Crippen LogP contribution in [-0.4, -0.2) is 41.0 Å². The zero-order chi connectivity index (χ0) is 32.8. The van der Waals surface area contributed by atoms with E-state index >= 15 is 8.78 Å². The highest BCUT2D eigenvalue weighted by atomic mass is 35.5. The number of carbonyl (C=O) groups is 2. The number of hydrogen-bond donors (Lipinski definition) is 2. The van der Waals surface area contributed by atoms with Gasteiger partial charge in [0.15, 0.2) is 0 Å². The molecule has 1 aliphatic heterocycles. The quantitative estimate of drug-likeness (QED) is 0.273. The van der Waals surface area contributed by atoms with E-state index in [1.54, 1.807) is 50.1 Å². The number of anilines is 1. The van der Waals surface area contributed by atoms with Crippen LogP contribution in [0.5, 0.6) is 0 Å². The predicted octanol–water partition coefficient (Wildman–Crippen LogP) is 7.94. The number of benzene rings is 3. The van der Waals surface area contributed by atoms with Gasteiger partial charge in [0, 0.05) is 28.2 Å². The third-order valence-electron chi connectivity index (χ3n) is 8.62. The molecule has 3 aromatic rings. The van der Waals surface area contributed by atoms with E-state index < -0.39 is 52.3 Å². The van der Waals surface area contributed by atoms with Gasteiger partial charge in [-0.05, 0) is 74.2 Å². The van der Waals surface area contributed by atoms with E-state index in [1.165, 1.54) is 30.3 Å². The van der Waals surface area contributed by atoms with Gasteiger partial charge in [0.1, 0.15) is 17.0 Å². The number of amides is 1. The van der Waals surface area contributed by atoms with Crippen LogP contribution in [0.15, 0.2) is 60.7 Å². The minimum absolute atomic E-state index is 0.00503. The zero-order valence-corrected chi connectivity index (χ0v) is 26.9. The Morgan fingerprint density at radius 1 is 1.05 bits per heavy atom. The van der Waals surface area contributed by atoms with Crippen molar-refractivity contribution in [1.82, 2.24) is 4.90 Å². The Labute approximate surface area is 266 Å². The minimum Gasteiger partial charge on any atom is -0.481 e. The fourth-order valence-corrected chi connectivity index (χ4v) is 6.63. The highest BCUT2D eigenvalue weighted by Gasteiger charge is 2.63. The molecule has 2 N–H and O–H groups in total. The van der Waals surface area contributed by atoms with Crippen molar-refractivity contribution in [3.63, 3.8) is 0 Å². The Hall–Kier alpha value is -3.51. The molecule has 1 heterocycles. The molecular formula is C34H35Cl2F2N3O3. The summed E-state index contributed by atoms with van der Waals surface area (Å²) in [5, 5.41) is 23.5. The Morgan fingerprint density at radius 3 is 2.23 bits per heavy atom. The third kappa shape index (κ3) is 5.93. The van der Waals surface area contributed by atoms with Crippen LogP contribution in [-0.2, 0) is 20.4 Å². The topological polar surface area (TPSA) is 93.4 Å². The number of nitriles is 1. The largest absolute Gasteiger partial charge is 0.481 e. The van der Waals surface area contributed by atoms with E-state index in [4.69, 9.17) is 23.2 Å². The molecule has 4 atom stereocenters. The number of carbonyl (C=O) groups excluding carboxylic acids is 1. The highest BCUT2D eigenvalue weighted by Crippen LogP contribution is 2.56. The Morgan fingerprint density at radius 2 is 1.68 bits per heavy atom. The smallest absolute Gasteiger partial charge is 0.313 e. The van der Waals surface area contributed by atoms with Crippen molar-refractivity contribution in [1.29, 1.82) is 5.26 Å². The van der Waals surface area contributed by atoms with Crippen LogP contribution < -0.4 is 5.32 Å². The maximum absolute atomic E-state index is 15.9. The van der Waals surface area contributed by atoms with Crippen molar-refractivity contribution in [2.45, 2.75) is 69.9 Å². The van der Waals surface area contributed by atoms with Crippen LogP contribution in [0.3, 0.4) is 0 Å². The molecule has 0 radical (unpaired) electrons. The number of carboxylic acid groups (broad SMARTS) is 1. The number of rotatable bonds is 7. The molecule has 3 aromatic carbocycles. The van der Waals surface area contributed by atoms with Gasteiger partial charge in [-0.2, -0.15) is 5.26 Å². The van der Waals surface area contributed by atoms with Gasteiger partial charge in [-0.25, -0.2) is 8.78 Å². The molecule has 10 heteroatoms. The molecule has 6 nitrogen and oxygen atoms in total. The van der Waals surface area contributed by atoms with Crippen LogP contribution in [0.1, 0.15) is 63.6 Å². The second-order valence-corrected chi connectivity index (χ2v) is 14.0. The van der Waals surface area contributed by atoms with Gasteiger partial charge in [0.05, 0.1) is 22.5 Å². The van der Waals surface area contributed by atoms with Crippen molar-refractivity contribution in [3.05, 3.63) is 99.0 Å². The van der Waals surface area contributed by atoms with E-state index in [9.17, 15) is 20.0 Å². The van der Waals surface area contributed by atoms with Gasteiger partial charge < -0.3 is 10.4 Å². The summed E-state index contributed by atoms with van der Waals surface area (Å²) in [5.74, 6) is -4.27. The lowest BCUT2D eigenvalue weighted by Gasteiger charge is -2.38. The summed E-state index contributed by atoms with van der Waals surface area (Å²) in [6.45, 7) is 9.08. The van der Waals surface area contributed by atoms with E-state index in [0.29, 0.717) is 17.7 Å². The molecule has 1 aliphatic rings. The number of carboxylic acids is 1. The van der Waals surface area contributed by atoms with Crippen LogP contribution in [0.25, 0.3) is 0 Å². The van der Waals surface area contributed by atoms with Crippen molar-refractivity contribution < 1.29 is 23.5 Å². The molecule has 44 heavy (non-hydrogen) atoms. The van der Waals surface area contributed by atoms with Crippen LogP contribution in [0.2, 0.25) is 10.0 Å². The first-order valence-electron chi connectivity index (χ1n) is 14.1. The lowest BCUT2D eigenvalue weighted by Crippen LogP contribution is -2.45. The summed E-state index contributed by atoms with van der Waals surface area (Å²) >= 11 is 12.3. The zero-order valence-electron chi connectivity index (χ0n) is 25.4. The second kappa shape index (κ2) is 12.1. The second-order valence-electron chi connectivity index (χ2n) is 13.1. The van der Waals surface area contributed by atoms with Crippen LogP contribution >= 0.6 is 23.2 Å². The maximum atomic E-state index is 15.9. The van der Waals surface area contributed by atoms with Crippen molar-refractivity contribution >= 4 is 40.8 Å². The van der Waals surface area contributed by atoms with Gasteiger partial charge in [0.25, 0.3) is 0 Å². The first-order chi connectivity index (χ1) is 20.5. The summed E-state index contributed by atoms with van der Waals surface area (Å²) in [6, 6.07) is 15.3. The average Bonchev–Trinajstić information content (AvgIpc) is 3.17. The normalized spacial score (nSPS) is 22.4.